The predicted octanol–water partition coefficient (Wildman–Crippen LogP) is 2.09. The zero-order chi connectivity index (χ0) is 13.6. The number of hydrogen-bond donors (Lipinski definition) is 1. The quantitative estimate of drug-likeness (QED) is 0.755. The molecule has 0 aromatic heterocycles. The van der Waals surface area contributed by atoms with Crippen molar-refractivity contribution in [3.05, 3.63) is 0 Å². The van der Waals surface area contributed by atoms with Crippen molar-refractivity contribution in [2.24, 2.45) is 17.6 Å². The van der Waals surface area contributed by atoms with E-state index >= 15 is 0 Å². The van der Waals surface area contributed by atoms with Gasteiger partial charge < -0.3 is 15.2 Å². The molecule has 0 heterocycles. The molecule has 0 bridgehead atoms. The van der Waals surface area contributed by atoms with Gasteiger partial charge in [0.1, 0.15) is 5.60 Å². The van der Waals surface area contributed by atoms with Crippen LogP contribution in [0.3, 0.4) is 0 Å². The van der Waals surface area contributed by atoms with Crippen molar-refractivity contribution in [2.45, 2.75) is 46.1 Å². The van der Waals surface area contributed by atoms with Crippen molar-refractivity contribution in [1.82, 2.24) is 0 Å². The normalized spacial score (nSPS) is 21.9. The lowest BCUT2D eigenvalue weighted by molar-refractivity contribution is -0.142. The largest absolute Gasteiger partial charge is 0.469 e. The summed E-state index contributed by atoms with van der Waals surface area (Å²) in [5, 5.41) is 0. The molecule has 2 atom stereocenters. The molecule has 1 aliphatic carbocycles. The average molecular weight is 245 g/mol. The molecule has 0 saturated heterocycles. The summed E-state index contributed by atoms with van der Waals surface area (Å²) in [4.78, 5) is 20.7. The highest BCUT2D eigenvalue weighted by molar-refractivity contribution is 5.75. The van der Waals surface area contributed by atoms with Crippen molar-refractivity contribution in [3.8, 4) is 0 Å². The number of ether oxygens (including phenoxy) is 2. The summed E-state index contributed by atoms with van der Waals surface area (Å²) in [6.45, 7) is 7.39. The Morgan fingerprint density at radius 2 is 1.88 bits per heavy atom. The number of esters is 1. The van der Waals surface area contributed by atoms with Crippen LogP contribution in [0, 0.1) is 11.8 Å². The molecule has 1 rings (SSSR count). The van der Waals surface area contributed by atoms with E-state index in [2.05, 4.69) is 16.4 Å². The third-order valence-corrected chi connectivity index (χ3v) is 2.36. The van der Waals surface area contributed by atoms with Crippen LogP contribution in [0.25, 0.3) is 0 Å². The lowest BCUT2D eigenvalue weighted by atomic mass is 10.2. The summed E-state index contributed by atoms with van der Waals surface area (Å²) in [5.74, 6) is 0.833. The molecule has 0 aliphatic heterocycles. The first-order chi connectivity index (χ1) is 7.71. The first-order valence-electron chi connectivity index (χ1n) is 5.77. The lowest BCUT2D eigenvalue weighted by Gasteiger charge is -2.16. The van der Waals surface area contributed by atoms with Gasteiger partial charge in [-0.1, -0.05) is 13.3 Å². The van der Waals surface area contributed by atoms with Crippen LogP contribution in [0.4, 0.5) is 4.79 Å². The van der Waals surface area contributed by atoms with E-state index in [4.69, 9.17) is 5.73 Å². The van der Waals surface area contributed by atoms with E-state index in [1.807, 2.05) is 0 Å². The van der Waals surface area contributed by atoms with Crippen molar-refractivity contribution in [2.75, 3.05) is 7.11 Å². The monoisotopic (exact) mass is 245 g/mol. The van der Waals surface area contributed by atoms with E-state index in [9.17, 15) is 9.59 Å². The number of carbonyl (C=O) groups is 2. The number of methoxy groups -OCH3 is 1. The van der Waals surface area contributed by atoms with E-state index in [0.29, 0.717) is 5.92 Å². The Labute approximate surface area is 103 Å². The molecular formula is C12H23NO4. The fourth-order valence-corrected chi connectivity index (χ4v) is 1.44. The molecule has 1 saturated carbocycles. The molecule has 1 amide bonds. The minimum atomic E-state index is -0.725. The van der Waals surface area contributed by atoms with Crippen LogP contribution in [-0.2, 0) is 14.3 Å². The van der Waals surface area contributed by atoms with Gasteiger partial charge in [-0.15, -0.1) is 0 Å². The predicted molar refractivity (Wildman–Crippen MR) is 64.3 cm³/mol. The Kier molecular flexibility index (Phi) is 5.99. The zero-order valence-corrected chi connectivity index (χ0v) is 11.3. The van der Waals surface area contributed by atoms with Gasteiger partial charge in [0.15, 0.2) is 0 Å². The number of rotatable bonds is 2. The second-order valence-corrected chi connectivity index (χ2v) is 5.07. The molecule has 17 heavy (non-hydrogen) atoms. The fourth-order valence-electron chi connectivity index (χ4n) is 1.44. The van der Waals surface area contributed by atoms with Crippen LogP contribution in [0.2, 0.25) is 0 Å². The average Bonchev–Trinajstić information content (AvgIpc) is 2.92. The first kappa shape index (κ1) is 15.7. The molecule has 5 heteroatoms. The fraction of sp³-hybridized carbons (Fsp3) is 0.833. The van der Waals surface area contributed by atoms with Gasteiger partial charge in [-0.25, -0.2) is 4.79 Å². The summed E-state index contributed by atoms with van der Waals surface area (Å²) >= 11 is 0. The third-order valence-electron chi connectivity index (χ3n) is 2.36. The molecule has 2 N–H and O–H groups in total. The number of amides is 1. The van der Waals surface area contributed by atoms with Gasteiger partial charge in [0.2, 0.25) is 0 Å². The highest BCUT2D eigenvalue weighted by Crippen LogP contribution is 2.41. The van der Waals surface area contributed by atoms with Gasteiger partial charge in [-0.3, -0.25) is 4.79 Å². The highest BCUT2D eigenvalue weighted by Gasteiger charge is 2.42. The Morgan fingerprint density at radius 3 is 2.06 bits per heavy atom. The van der Waals surface area contributed by atoms with Gasteiger partial charge in [-0.2, -0.15) is 0 Å². The first-order valence-corrected chi connectivity index (χ1v) is 5.77. The van der Waals surface area contributed by atoms with Gasteiger partial charge in [-0.05, 0) is 33.1 Å². The van der Waals surface area contributed by atoms with Crippen LogP contribution in [0.15, 0.2) is 0 Å². The molecule has 0 aromatic carbocycles. The van der Waals surface area contributed by atoms with E-state index in [0.717, 1.165) is 12.8 Å². The molecule has 1 aliphatic rings. The number of nitrogens with two attached hydrogens (primary N) is 1. The van der Waals surface area contributed by atoms with Gasteiger partial charge in [0, 0.05) is 0 Å². The zero-order valence-electron chi connectivity index (χ0n) is 11.3. The highest BCUT2D eigenvalue weighted by atomic mass is 16.6. The summed E-state index contributed by atoms with van der Waals surface area (Å²) in [5.41, 5.74) is 4.26. The molecule has 0 radical (unpaired) electrons. The van der Waals surface area contributed by atoms with E-state index < -0.39 is 11.7 Å². The van der Waals surface area contributed by atoms with E-state index in [1.54, 1.807) is 20.8 Å². The maximum atomic E-state index is 10.7. The molecular weight excluding hydrogens is 222 g/mol. The smallest absolute Gasteiger partial charge is 0.405 e. The maximum absolute atomic E-state index is 10.7. The number of hydrogen-bond acceptors (Lipinski definition) is 4. The van der Waals surface area contributed by atoms with Crippen molar-refractivity contribution >= 4 is 12.1 Å². The lowest BCUT2D eigenvalue weighted by Crippen LogP contribution is -2.27. The molecule has 1 fully saturated rings. The summed E-state index contributed by atoms with van der Waals surface area (Å²) in [6.07, 6.45) is 1.43. The number of carbonyl (C=O) groups excluding carboxylic acids is 2. The second kappa shape index (κ2) is 6.47. The van der Waals surface area contributed by atoms with E-state index in [1.165, 1.54) is 7.11 Å². The molecule has 5 nitrogen and oxygen atoms in total. The number of primary amides is 1. The van der Waals surface area contributed by atoms with Crippen LogP contribution in [0.1, 0.15) is 40.5 Å². The van der Waals surface area contributed by atoms with Gasteiger partial charge >= 0.3 is 12.1 Å². The third kappa shape index (κ3) is 7.60. The summed E-state index contributed by atoms with van der Waals surface area (Å²) < 4.78 is 9.14. The molecule has 0 aromatic rings. The Morgan fingerprint density at radius 1 is 1.35 bits per heavy atom. The summed E-state index contributed by atoms with van der Waals surface area (Å²) in [6, 6.07) is 0. The topological polar surface area (TPSA) is 78.6 Å². The van der Waals surface area contributed by atoms with Crippen molar-refractivity contribution in [1.29, 1.82) is 0 Å². The van der Waals surface area contributed by atoms with Gasteiger partial charge in [0.05, 0.1) is 13.0 Å². The van der Waals surface area contributed by atoms with Crippen molar-refractivity contribution < 1.29 is 19.1 Å². The van der Waals surface area contributed by atoms with Crippen LogP contribution in [-0.4, -0.2) is 24.8 Å². The Bertz CT molecular complexity index is 270. The van der Waals surface area contributed by atoms with E-state index in [-0.39, 0.29) is 11.9 Å². The van der Waals surface area contributed by atoms with Crippen LogP contribution in [0.5, 0.6) is 0 Å². The Balaban J connectivity index is 0.000000304. The minimum Gasteiger partial charge on any atom is -0.469 e. The van der Waals surface area contributed by atoms with Gasteiger partial charge in [0.25, 0.3) is 0 Å². The SMILES string of the molecule is CC(C)(C)OC(N)=O.CC[C@@H]1C[C@@H]1C(=O)OC. The summed E-state index contributed by atoms with van der Waals surface area (Å²) in [7, 11) is 1.45. The minimum absolute atomic E-state index is 0.0261. The molecule has 0 spiro atoms. The van der Waals surface area contributed by atoms with Crippen LogP contribution < -0.4 is 5.73 Å². The maximum Gasteiger partial charge on any atom is 0.405 e. The van der Waals surface area contributed by atoms with Crippen molar-refractivity contribution in [3.63, 3.8) is 0 Å². The molecule has 0 unspecified atom stereocenters. The van der Waals surface area contributed by atoms with Crippen LogP contribution >= 0.6 is 0 Å². The standard InChI is InChI=1S/C7H12O2.C5H11NO2/c1-3-5-4-6(5)7(8)9-2;1-5(2,3)8-4(6)7/h5-6H,3-4H2,1-2H3;1-3H3,(H2,6,7)/t5-,6+;/m1./s1. The Hall–Kier alpha value is -1.26. The molecule has 100 valence electrons. The second-order valence-electron chi connectivity index (χ2n) is 5.07.